The highest BCUT2D eigenvalue weighted by Gasteiger charge is 2.09. The number of hydrogen-bond donors (Lipinski definition) is 1. The van der Waals surface area contributed by atoms with Crippen molar-refractivity contribution >= 4 is 15.9 Å². The molecule has 0 saturated heterocycles. The summed E-state index contributed by atoms with van der Waals surface area (Å²) in [5, 5.41) is 0. The molecule has 0 aliphatic heterocycles. The van der Waals surface area contributed by atoms with Gasteiger partial charge in [0.2, 0.25) is 0 Å². The number of pyridine rings is 1. The van der Waals surface area contributed by atoms with Crippen LogP contribution in [-0.2, 0) is 6.42 Å². The lowest BCUT2D eigenvalue weighted by molar-refractivity contribution is 0.476. The van der Waals surface area contributed by atoms with Gasteiger partial charge in [0.15, 0.2) is 0 Å². The number of nitrogens with two attached hydrogens (primary N) is 1. The van der Waals surface area contributed by atoms with Crippen LogP contribution >= 0.6 is 15.9 Å². The molecule has 72 valence electrons. The van der Waals surface area contributed by atoms with Gasteiger partial charge in [-0.05, 0) is 54.2 Å². The van der Waals surface area contributed by atoms with Crippen LogP contribution in [0.15, 0.2) is 22.9 Å². The van der Waals surface area contributed by atoms with Crippen LogP contribution in [0, 0.1) is 0 Å². The van der Waals surface area contributed by atoms with Gasteiger partial charge >= 0.3 is 0 Å². The first kappa shape index (κ1) is 10.7. The molecule has 1 aromatic rings. The van der Waals surface area contributed by atoms with E-state index in [0.717, 1.165) is 17.4 Å². The Morgan fingerprint density at radius 2 is 2.15 bits per heavy atom. The van der Waals surface area contributed by atoms with E-state index < -0.39 is 0 Å². The van der Waals surface area contributed by atoms with Crippen molar-refractivity contribution in [2.45, 2.75) is 32.2 Å². The maximum atomic E-state index is 5.88. The molecule has 0 aromatic carbocycles. The minimum Gasteiger partial charge on any atom is -0.326 e. The van der Waals surface area contributed by atoms with Gasteiger partial charge in [-0.2, -0.15) is 0 Å². The number of halogens is 1. The third-order valence-electron chi connectivity index (χ3n) is 1.85. The normalized spacial score (nSPS) is 11.7. The summed E-state index contributed by atoms with van der Waals surface area (Å²) in [7, 11) is 0. The van der Waals surface area contributed by atoms with E-state index in [1.54, 1.807) is 0 Å². The van der Waals surface area contributed by atoms with Crippen LogP contribution in [0.4, 0.5) is 0 Å². The van der Waals surface area contributed by atoms with Gasteiger partial charge in [0.05, 0.1) is 0 Å². The predicted molar refractivity (Wildman–Crippen MR) is 58.5 cm³/mol. The SMILES string of the molecule is CC(C)(N)CCc1ccc(Br)nc1. The first-order valence-electron chi connectivity index (χ1n) is 4.37. The largest absolute Gasteiger partial charge is 0.326 e. The zero-order chi connectivity index (χ0) is 9.90. The molecule has 0 amide bonds. The summed E-state index contributed by atoms with van der Waals surface area (Å²) in [5.41, 5.74) is 7.03. The molecule has 3 heteroatoms. The molecular weight excluding hydrogens is 228 g/mol. The van der Waals surface area contributed by atoms with E-state index in [-0.39, 0.29) is 5.54 Å². The summed E-state index contributed by atoms with van der Waals surface area (Å²) >= 11 is 3.30. The zero-order valence-corrected chi connectivity index (χ0v) is 9.63. The Hall–Kier alpha value is -0.410. The van der Waals surface area contributed by atoms with Crippen molar-refractivity contribution in [3.8, 4) is 0 Å². The molecule has 0 bridgehead atoms. The van der Waals surface area contributed by atoms with Gasteiger partial charge in [-0.1, -0.05) is 6.07 Å². The first-order valence-corrected chi connectivity index (χ1v) is 5.16. The molecule has 13 heavy (non-hydrogen) atoms. The molecule has 1 heterocycles. The number of nitrogens with zero attached hydrogens (tertiary/aromatic N) is 1. The summed E-state index contributed by atoms with van der Waals surface area (Å²) in [6, 6.07) is 4.03. The second-order valence-electron chi connectivity index (χ2n) is 3.98. The number of rotatable bonds is 3. The van der Waals surface area contributed by atoms with Crippen LogP contribution in [0.25, 0.3) is 0 Å². The molecule has 0 fully saturated rings. The Bertz CT molecular complexity index is 261. The van der Waals surface area contributed by atoms with Crippen LogP contribution in [-0.4, -0.2) is 10.5 Å². The molecule has 0 unspecified atom stereocenters. The van der Waals surface area contributed by atoms with Gasteiger partial charge in [0.1, 0.15) is 4.60 Å². The topological polar surface area (TPSA) is 38.9 Å². The standard InChI is InChI=1S/C10H15BrN2/c1-10(2,12)6-5-8-3-4-9(11)13-7-8/h3-4,7H,5-6,12H2,1-2H3. The maximum absolute atomic E-state index is 5.88. The fraction of sp³-hybridized carbons (Fsp3) is 0.500. The van der Waals surface area contributed by atoms with Crippen molar-refractivity contribution < 1.29 is 0 Å². The molecule has 1 rings (SSSR count). The predicted octanol–water partition coefficient (Wildman–Crippen LogP) is 2.51. The van der Waals surface area contributed by atoms with Gasteiger partial charge in [-0.3, -0.25) is 0 Å². The lowest BCUT2D eigenvalue weighted by Gasteiger charge is -2.17. The van der Waals surface area contributed by atoms with E-state index in [1.165, 1.54) is 5.56 Å². The maximum Gasteiger partial charge on any atom is 0.106 e. The first-order chi connectivity index (χ1) is 5.97. The molecule has 0 spiro atoms. The minimum absolute atomic E-state index is 0.0902. The third-order valence-corrected chi connectivity index (χ3v) is 2.32. The van der Waals surface area contributed by atoms with E-state index in [1.807, 2.05) is 26.1 Å². The minimum atomic E-state index is -0.0902. The fourth-order valence-corrected chi connectivity index (χ4v) is 1.26. The summed E-state index contributed by atoms with van der Waals surface area (Å²) in [5.74, 6) is 0. The highest BCUT2D eigenvalue weighted by atomic mass is 79.9. The van der Waals surface area contributed by atoms with Crippen molar-refractivity contribution in [1.29, 1.82) is 0 Å². The van der Waals surface area contributed by atoms with Gasteiger partial charge in [0.25, 0.3) is 0 Å². The molecule has 1 aromatic heterocycles. The third kappa shape index (κ3) is 4.39. The molecule has 2 N–H and O–H groups in total. The van der Waals surface area contributed by atoms with E-state index in [4.69, 9.17) is 5.73 Å². The van der Waals surface area contributed by atoms with Crippen LogP contribution in [0.1, 0.15) is 25.8 Å². The Kier molecular flexibility index (Phi) is 3.45. The molecule has 0 atom stereocenters. The van der Waals surface area contributed by atoms with E-state index in [9.17, 15) is 0 Å². The zero-order valence-electron chi connectivity index (χ0n) is 8.05. The van der Waals surface area contributed by atoms with Crippen LogP contribution < -0.4 is 5.73 Å². The van der Waals surface area contributed by atoms with E-state index in [2.05, 4.69) is 27.0 Å². The lowest BCUT2D eigenvalue weighted by Crippen LogP contribution is -2.32. The summed E-state index contributed by atoms with van der Waals surface area (Å²) in [6.45, 7) is 4.08. The highest BCUT2D eigenvalue weighted by Crippen LogP contribution is 2.12. The molecule has 0 aliphatic carbocycles. The molecular formula is C10H15BrN2. The second kappa shape index (κ2) is 4.20. The van der Waals surface area contributed by atoms with Crippen molar-refractivity contribution in [3.63, 3.8) is 0 Å². The monoisotopic (exact) mass is 242 g/mol. The van der Waals surface area contributed by atoms with Crippen molar-refractivity contribution in [2.75, 3.05) is 0 Å². The van der Waals surface area contributed by atoms with Crippen molar-refractivity contribution in [3.05, 3.63) is 28.5 Å². The molecule has 0 saturated carbocycles. The Labute approximate surface area is 87.7 Å². The van der Waals surface area contributed by atoms with Crippen molar-refractivity contribution in [1.82, 2.24) is 4.98 Å². The van der Waals surface area contributed by atoms with Gasteiger partial charge in [-0.25, -0.2) is 4.98 Å². The number of aryl methyl sites for hydroxylation is 1. The number of aromatic nitrogens is 1. The van der Waals surface area contributed by atoms with Gasteiger partial charge < -0.3 is 5.73 Å². The fourth-order valence-electron chi connectivity index (χ4n) is 1.02. The smallest absolute Gasteiger partial charge is 0.106 e. The van der Waals surface area contributed by atoms with Crippen LogP contribution in [0.3, 0.4) is 0 Å². The Balaban J connectivity index is 2.51. The van der Waals surface area contributed by atoms with Crippen LogP contribution in [0.2, 0.25) is 0 Å². The average molecular weight is 243 g/mol. The quantitative estimate of drug-likeness (QED) is 0.828. The highest BCUT2D eigenvalue weighted by molar-refractivity contribution is 9.10. The van der Waals surface area contributed by atoms with Crippen molar-refractivity contribution in [2.24, 2.45) is 5.73 Å². The second-order valence-corrected chi connectivity index (χ2v) is 4.79. The Morgan fingerprint density at radius 3 is 2.62 bits per heavy atom. The summed E-state index contributed by atoms with van der Waals surface area (Å²) in [6.07, 6.45) is 3.86. The van der Waals surface area contributed by atoms with Gasteiger partial charge in [0, 0.05) is 11.7 Å². The molecule has 0 radical (unpaired) electrons. The van der Waals surface area contributed by atoms with E-state index in [0.29, 0.717) is 0 Å². The molecule has 0 aliphatic rings. The lowest BCUT2D eigenvalue weighted by atomic mass is 9.97. The summed E-state index contributed by atoms with van der Waals surface area (Å²) in [4.78, 5) is 4.16. The number of hydrogen-bond acceptors (Lipinski definition) is 2. The van der Waals surface area contributed by atoms with E-state index >= 15 is 0 Å². The summed E-state index contributed by atoms with van der Waals surface area (Å²) < 4.78 is 0.878. The average Bonchev–Trinajstić information content (AvgIpc) is 2.02. The van der Waals surface area contributed by atoms with Gasteiger partial charge in [-0.15, -0.1) is 0 Å². The van der Waals surface area contributed by atoms with Crippen LogP contribution in [0.5, 0.6) is 0 Å². The Morgan fingerprint density at radius 1 is 1.46 bits per heavy atom. The molecule has 2 nitrogen and oxygen atoms in total.